The van der Waals surface area contributed by atoms with Crippen molar-refractivity contribution >= 4 is 23.8 Å². The van der Waals surface area contributed by atoms with Gasteiger partial charge in [-0.2, -0.15) is 0 Å². The number of allylic oxidation sites excluding steroid dienone is 3. The van der Waals surface area contributed by atoms with Crippen molar-refractivity contribution in [3.8, 4) is 0 Å². The molecule has 2 saturated heterocycles. The molecule has 4 rings (SSSR count). The van der Waals surface area contributed by atoms with Crippen LogP contribution in [0.15, 0.2) is 30.0 Å². The summed E-state index contributed by atoms with van der Waals surface area (Å²) >= 11 is 1.16. The number of aryl methyl sites for hydroxylation is 1. The molecule has 16 atom stereocenters. The van der Waals surface area contributed by atoms with Gasteiger partial charge in [-0.05, 0) is 104 Å². The number of nitrogens with zero attached hydrogens (tertiary/aromatic N) is 4. The lowest BCUT2D eigenvalue weighted by molar-refractivity contribution is -0.304. The molecule has 0 bridgehead atoms. The van der Waals surface area contributed by atoms with Crippen molar-refractivity contribution < 1.29 is 62.6 Å². The quantitative estimate of drug-likeness (QED) is 0.155. The molecule has 4 heterocycles. The Morgan fingerprint density at radius 2 is 1.63 bits per heavy atom. The Kier molecular flexibility index (Phi) is 20.0. The lowest BCUT2D eigenvalue weighted by atomic mass is 9.82. The molecule has 62 heavy (non-hydrogen) atoms. The highest BCUT2D eigenvalue weighted by atomic mass is 32.2. The smallest absolute Gasteiger partial charge is 0.306 e. The van der Waals surface area contributed by atoms with E-state index in [-0.39, 0.29) is 41.9 Å². The largest absolute Gasteiger partial charge is 0.462 e. The molecule has 0 spiro atoms. The average molecular weight is 899 g/mol. The highest BCUT2D eigenvalue weighted by molar-refractivity contribution is 7.95. The van der Waals surface area contributed by atoms with Crippen molar-refractivity contribution in [1.29, 1.82) is 0 Å². The predicted octanol–water partition coefficient (Wildman–Crippen LogP) is 3.56. The SMILES string of the molecule is CC[C@H]1OC(=O)CC[C@H](C)C(SO[C@@H]2O[C@H](C)[C@@H](O)C(N(C)C)C2O)[C@@H](CCn2cc(C(C)(C)O)nn2)C[C@@H](C)C(=O)/C=C/C(C)=C/[C@@H]1CO[C@@H]1OC(C)[C@@H](O)[C@H](OC)C1OC. The van der Waals surface area contributed by atoms with Gasteiger partial charge in [-0.1, -0.05) is 43.7 Å². The Labute approximate surface area is 372 Å². The number of ether oxygens (including phenoxy) is 6. The van der Waals surface area contributed by atoms with Gasteiger partial charge in [0.15, 0.2) is 18.4 Å². The highest BCUT2D eigenvalue weighted by Crippen LogP contribution is 2.39. The lowest BCUT2D eigenvalue weighted by Gasteiger charge is -2.44. The number of cyclic esters (lactones) is 1. The van der Waals surface area contributed by atoms with Gasteiger partial charge < -0.3 is 53.7 Å². The fourth-order valence-electron chi connectivity index (χ4n) is 8.52. The van der Waals surface area contributed by atoms with Crippen LogP contribution < -0.4 is 0 Å². The van der Waals surface area contributed by atoms with Gasteiger partial charge in [-0.25, -0.2) is 0 Å². The molecule has 2 fully saturated rings. The van der Waals surface area contributed by atoms with Gasteiger partial charge in [0.1, 0.15) is 41.8 Å². The van der Waals surface area contributed by atoms with Gasteiger partial charge in [0.25, 0.3) is 0 Å². The number of hydrogen-bond donors (Lipinski definition) is 4. The van der Waals surface area contributed by atoms with Gasteiger partial charge in [0, 0.05) is 44.3 Å². The fraction of sp³-hybridized carbons (Fsp3) is 0.818. The first-order chi connectivity index (χ1) is 29.2. The lowest BCUT2D eigenvalue weighted by Crippen LogP contribution is -2.62. The van der Waals surface area contributed by atoms with Crippen LogP contribution in [0.2, 0.25) is 0 Å². The Morgan fingerprint density at radius 3 is 2.24 bits per heavy atom. The molecule has 5 unspecified atom stereocenters. The van der Waals surface area contributed by atoms with Crippen molar-refractivity contribution in [3.63, 3.8) is 0 Å². The maximum absolute atomic E-state index is 13.9. The zero-order chi connectivity index (χ0) is 46.1. The number of aliphatic hydroxyl groups excluding tert-OH is 3. The number of aromatic nitrogens is 3. The molecular formula is C44H74N4O13S. The average Bonchev–Trinajstić information content (AvgIpc) is 3.71. The van der Waals surface area contributed by atoms with E-state index in [9.17, 15) is 30.0 Å². The van der Waals surface area contributed by atoms with Crippen molar-refractivity contribution in [2.45, 2.75) is 172 Å². The van der Waals surface area contributed by atoms with Crippen LogP contribution in [0.25, 0.3) is 0 Å². The van der Waals surface area contributed by atoms with E-state index < -0.39 is 84.9 Å². The second kappa shape index (κ2) is 23.7. The highest BCUT2D eigenvalue weighted by Gasteiger charge is 2.47. The molecule has 3 aliphatic rings. The number of hydrogen-bond acceptors (Lipinski definition) is 17. The molecule has 1 aromatic heterocycles. The van der Waals surface area contributed by atoms with E-state index in [4.69, 9.17) is 32.6 Å². The second-order valence-corrected chi connectivity index (χ2v) is 19.0. The number of carbonyl (C=O) groups is 2. The summed E-state index contributed by atoms with van der Waals surface area (Å²) in [5.74, 6) is -1.62. The summed E-state index contributed by atoms with van der Waals surface area (Å²) in [6.07, 6.45) is 0.834. The number of rotatable bonds is 14. The normalized spacial score (nSPS) is 38.7. The standard InChI is InChI=1S/C44H74N4O13S/c1-13-32-30(23-57-43-40(56-12)39(55-11)37(52)28(6)59-43)20-24(2)14-16-31(49)26(4)21-29(18-19-48-22-33(45-46-48)44(7,8)54)41(25(3)15-17-34(50)60-32)62-61-42-38(53)35(47(9)10)36(51)27(5)58-42/h14,16,20,22,25-30,32,35-43,51-54H,13,15,17-19,21,23H2,1-12H3/b16-14+,24-20+/t25-,26+,27+,28?,29-,30+,32+,35?,36+,37+,38?,39-,40?,41?,42-,43+/m0/s1. The van der Waals surface area contributed by atoms with Crippen molar-refractivity contribution in [1.82, 2.24) is 19.9 Å². The minimum atomic E-state index is -1.18. The van der Waals surface area contributed by atoms with Crippen LogP contribution in [0.1, 0.15) is 93.2 Å². The zero-order valence-electron chi connectivity index (χ0n) is 38.7. The van der Waals surface area contributed by atoms with E-state index >= 15 is 0 Å². The Morgan fingerprint density at radius 1 is 0.968 bits per heavy atom. The minimum Gasteiger partial charge on any atom is -0.462 e. The number of ketones is 1. The maximum Gasteiger partial charge on any atom is 0.306 e. The predicted molar refractivity (Wildman–Crippen MR) is 231 cm³/mol. The summed E-state index contributed by atoms with van der Waals surface area (Å²) in [4.78, 5) is 29.4. The van der Waals surface area contributed by atoms with Crippen LogP contribution in [-0.4, -0.2) is 160 Å². The minimum absolute atomic E-state index is 0.0668. The first-order valence-corrected chi connectivity index (χ1v) is 22.7. The molecule has 1 aromatic rings. The molecule has 4 N–H and O–H groups in total. The van der Waals surface area contributed by atoms with Gasteiger partial charge in [-0.3, -0.25) is 18.5 Å². The molecule has 17 nitrogen and oxygen atoms in total. The van der Waals surface area contributed by atoms with E-state index in [0.29, 0.717) is 37.9 Å². The van der Waals surface area contributed by atoms with Crippen molar-refractivity contribution in [3.05, 3.63) is 35.7 Å². The van der Waals surface area contributed by atoms with Crippen LogP contribution in [0.3, 0.4) is 0 Å². The van der Waals surface area contributed by atoms with Crippen LogP contribution in [0, 0.1) is 23.7 Å². The first kappa shape index (κ1) is 52.3. The number of esters is 1. The molecule has 0 amide bonds. The summed E-state index contributed by atoms with van der Waals surface area (Å²) in [6, 6.07) is -0.639. The van der Waals surface area contributed by atoms with E-state index in [1.165, 1.54) is 14.2 Å². The van der Waals surface area contributed by atoms with Crippen LogP contribution >= 0.6 is 12.0 Å². The molecule has 0 aliphatic carbocycles. The van der Waals surface area contributed by atoms with Crippen molar-refractivity contribution in [2.24, 2.45) is 23.7 Å². The molecule has 0 radical (unpaired) electrons. The number of aliphatic hydroxyl groups is 4. The van der Waals surface area contributed by atoms with Crippen molar-refractivity contribution in [2.75, 3.05) is 34.9 Å². The fourth-order valence-corrected chi connectivity index (χ4v) is 9.65. The molecule has 0 aromatic carbocycles. The topological polar surface area (TPSA) is 214 Å². The number of methoxy groups -OCH3 is 2. The second-order valence-electron chi connectivity index (χ2n) is 18.1. The molecule has 18 heteroatoms. The Balaban J connectivity index is 1.64. The third-order valence-electron chi connectivity index (χ3n) is 12.4. The number of likely N-dealkylation sites (N-methyl/N-ethyl adjacent to an activating group) is 1. The van der Waals surface area contributed by atoms with Crippen LogP contribution in [0.5, 0.6) is 0 Å². The molecular weight excluding hydrogens is 825 g/mol. The van der Waals surface area contributed by atoms with Gasteiger partial charge in [0.2, 0.25) is 0 Å². The van der Waals surface area contributed by atoms with E-state index in [0.717, 1.165) is 17.6 Å². The molecule has 354 valence electrons. The zero-order valence-corrected chi connectivity index (χ0v) is 39.5. The van der Waals surface area contributed by atoms with Crippen LogP contribution in [-0.2, 0) is 54.3 Å². The summed E-state index contributed by atoms with van der Waals surface area (Å²) < 4.78 is 43.8. The first-order valence-electron chi connectivity index (χ1n) is 21.9. The number of carbonyl (C=O) groups excluding carboxylic acids is 2. The summed E-state index contributed by atoms with van der Waals surface area (Å²) in [6.45, 7) is 15.0. The Bertz CT molecular complexity index is 1620. The van der Waals surface area contributed by atoms with E-state index in [2.05, 4.69) is 10.3 Å². The Hall–Kier alpha value is -2.33. The van der Waals surface area contributed by atoms with E-state index in [1.807, 2.05) is 33.8 Å². The van der Waals surface area contributed by atoms with E-state index in [1.54, 1.807) is 69.7 Å². The van der Waals surface area contributed by atoms with Gasteiger partial charge in [0.05, 0.1) is 37.2 Å². The molecule has 3 aliphatic heterocycles. The summed E-state index contributed by atoms with van der Waals surface area (Å²) in [7, 11) is 6.55. The molecule has 0 saturated carbocycles. The summed E-state index contributed by atoms with van der Waals surface area (Å²) in [5, 5.41) is 51.5. The van der Waals surface area contributed by atoms with Crippen LogP contribution in [0.4, 0.5) is 0 Å². The maximum atomic E-state index is 13.9. The third-order valence-corrected chi connectivity index (χ3v) is 13.8. The monoisotopic (exact) mass is 898 g/mol. The van der Waals surface area contributed by atoms with Gasteiger partial charge >= 0.3 is 5.97 Å². The summed E-state index contributed by atoms with van der Waals surface area (Å²) in [5.41, 5.74) is 0.0244. The third kappa shape index (κ3) is 13.8. The van der Waals surface area contributed by atoms with Gasteiger partial charge in [-0.15, -0.1) is 5.10 Å².